The van der Waals surface area contributed by atoms with Crippen LogP contribution in [0.3, 0.4) is 0 Å². The molecule has 0 aliphatic carbocycles. The molecule has 17 heavy (non-hydrogen) atoms. The number of carbonyl (C=O) groups is 2. The molecule has 0 spiro atoms. The van der Waals surface area contributed by atoms with Gasteiger partial charge in [-0.25, -0.2) is 0 Å². The molecular formula is C11H19NO5. The van der Waals surface area contributed by atoms with E-state index in [1.165, 1.54) is 6.92 Å². The van der Waals surface area contributed by atoms with Crippen molar-refractivity contribution in [2.45, 2.75) is 31.8 Å². The summed E-state index contributed by atoms with van der Waals surface area (Å²) in [5, 5.41) is 20.8. The van der Waals surface area contributed by atoms with E-state index in [2.05, 4.69) is 5.32 Å². The second kappa shape index (κ2) is 5.97. The van der Waals surface area contributed by atoms with Crippen molar-refractivity contribution in [2.75, 3.05) is 19.8 Å². The van der Waals surface area contributed by atoms with E-state index in [9.17, 15) is 14.7 Å². The zero-order chi connectivity index (χ0) is 12.9. The third-order valence-electron chi connectivity index (χ3n) is 2.71. The molecule has 6 nitrogen and oxygen atoms in total. The molecule has 3 N–H and O–H groups in total. The Bertz CT molecular complexity index is 284. The Morgan fingerprint density at radius 2 is 2.24 bits per heavy atom. The molecule has 0 bridgehead atoms. The Morgan fingerprint density at radius 3 is 2.76 bits per heavy atom. The molecule has 1 amide bonds. The summed E-state index contributed by atoms with van der Waals surface area (Å²) in [6.07, 6.45) is 1.23. The molecular weight excluding hydrogens is 226 g/mol. The number of hydrogen-bond acceptors (Lipinski definition) is 4. The Morgan fingerprint density at radius 1 is 1.53 bits per heavy atom. The maximum absolute atomic E-state index is 11.7. The van der Waals surface area contributed by atoms with Crippen LogP contribution in [0.15, 0.2) is 0 Å². The number of carboxylic acid groups (broad SMARTS) is 1. The summed E-state index contributed by atoms with van der Waals surface area (Å²) in [6, 6.07) is 0. The van der Waals surface area contributed by atoms with Gasteiger partial charge in [-0.15, -0.1) is 0 Å². The number of carbonyl (C=O) groups excluding carboxylic acids is 1. The van der Waals surface area contributed by atoms with E-state index in [1.54, 1.807) is 0 Å². The highest BCUT2D eigenvalue weighted by Crippen LogP contribution is 2.14. The van der Waals surface area contributed by atoms with Gasteiger partial charge in [0.1, 0.15) is 0 Å². The maximum Gasteiger partial charge on any atom is 0.306 e. The minimum Gasteiger partial charge on any atom is -0.481 e. The number of hydrogen-bond donors (Lipinski definition) is 3. The Hall–Kier alpha value is -1.14. The summed E-state index contributed by atoms with van der Waals surface area (Å²) < 4.78 is 5.18. The monoisotopic (exact) mass is 245 g/mol. The number of nitrogens with one attached hydrogen (secondary N) is 1. The topological polar surface area (TPSA) is 95.9 Å². The average molecular weight is 245 g/mol. The number of amides is 1. The predicted molar refractivity (Wildman–Crippen MR) is 59.4 cm³/mol. The van der Waals surface area contributed by atoms with Crippen LogP contribution in [0.25, 0.3) is 0 Å². The molecule has 0 radical (unpaired) electrons. The normalized spacial score (nSPS) is 23.8. The van der Waals surface area contributed by atoms with E-state index >= 15 is 0 Å². The van der Waals surface area contributed by atoms with E-state index in [0.717, 1.165) is 12.8 Å². The quantitative estimate of drug-likeness (QED) is 0.621. The highest BCUT2D eigenvalue weighted by molar-refractivity contribution is 5.79. The van der Waals surface area contributed by atoms with Gasteiger partial charge in [-0.05, 0) is 19.8 Å². The second-order valence-corrected chi connectivity index (χ2v) is 4.70. The van der Waals surface area contributed by atoms with Gasteiger partial charge in [0.15, 0.2) is 0 Å². The fourth-order valence-electron chi connectivity index (χ4n) is 1.76. The first kappa shape index (κ1) is 13.9. The zero-order valence-corrected chi connectivity index (χ0v) is 9.94. The molecule has 1 saturated heterocycles. The SMILES string of the molecule is CC(O)(CNC(=O)C1CCCOC1)CC(=O)O. The Kier molecular flexibility index (Phi) is 4.89. The van der Waals surface area contributed by atoms with E-state index in [4.69, 9.17) is 9.84 Å². The van der Waals surface area contributed by atoms with Crippen molar-refractivity contribution in [3.63, 3.8) is 0 Å². The van der Waals surface area contributed by atoms with Crippen molar-refractivity contribution in [3.8, 4) is 0 Å². The van der Waals surface area contributed by atoms with Gasteiger partial charge >= 0.3 is 5.97 Å². The third kappa shape index (κ3) is 5.14. The summed E-state index contributed by atoms with van der Waals surface area (Å²) in [5.41, 5.74) is -1.42. The number of rotatable bonds is 5. The Balaban J connectivity index is 2.33. The van der Waals surface area contributed by atoms with Crippen molar-refractivity contribution < 1.29 is 24.5 Å². The fourth-order valence-corrected chi connectivity index (χ4v) is 1.76. The van der Waals surface area contributed by atoms with Crippen LogP contribution >= 0.6 is 0 Å². The van der Waals surface area contributed by atoms with E-state index in [-0.39, 0.29) is 18.4 Å². The third-order valence-corrected chi connectivity index (χ3v) is 2.71. The minimum absolute atomic E-state index is 0.0609. The van der Waals surface area contributed by atoms with Crippen LogP contribution in [0.4, 0.5) is 0 Å². The highest BCUT2D eigenvalue weighted by Gasteiger charge is 2.27. The molecule has 0 saturated carbocycles. The number of ether oxygens (including phenoxy) is 1. The summed E-state index contributed by atoms with van der Waals surface area (Å²) in [6.45, 7) is 2.40. The molecule has 1 heterocycles. The standard InChI is InChI=1S/C11H19NO5/c1-11(16,5-9(13)14)7-12-10(15)8-3-2-4-17-6-8/h8,16H,2-7H2,1H3,(H,12,15)(H,13,14). The molecule has 2 unspecified atom stereocenters. The highest BCUT2D eigenvalue weighted by atomic mass is 16.5. The van der Waals surface area contributed by atoms with Crippen LogP contribution in [0.2, 0.25) is 0 Å². The van der Waals surface area contributed by atoms with E-state index in [0.29, 0.717) is 13.2 Å². The predicted octanol–water partition coefficient (Wildman–Crippen LogP) is -0.245. The molecule has 0 aromatic rings. The lowest BCUT2D eigenvalue weighted by Gasteiger charge is -2.25. The first-order chi connectivity index (χ1) is 7.91. The first-order valence-electron chi connectivity index (χ1n) is 5.70. The molecule has 6 heteroatoms. The van der Waals surface area contributed by atoms with Crippen LogP contribution in [0.5, 0.6) is 0 Å². The minimum atomic E-state index is -1.42. The lowest BCUT2D eigenvalue weighted by molar-refractivity contribution is -0.143. The van der Waals surface area contributed by atoms with Gasteiger partial charge in [-0.1, -0.05) is 0 Å². The van der Waals surface area contributed by atoms with Crippen molar-refractivity contribution in [1.29, 1.82) is 0 Å². The molecule has 2 atom stereocenters. The van der Waals surface area contributed by atoms with Crippen LogP contribution in [-0.2, 0) is 14.3 Å². The van der Waals surface area contributed by atoms with Crippen molar-refractivity contribution >= 4 is 11.9 Å². The van der Waals surface area contributed by atoms with Gasteiger partial charge in [0.25, 0.3) is 0 Å². The van der Waals surface area contributed by atoms with Gasteiger partial charge in [0, 0.05) is 13.2 Å². The lowest BCUT2D eigenvalue weighted by atomic mass is 9.99. The van der Waals surface area contributed by atoms with Crippen LogP contribution in [0, 0.1) is 5.92 Å². The average Bonchev–Trinajstić information content (AvgIpc) is 2.25. The van der Waals surface area contributed by atoms with Crippen LogP contribution in [0.1, 0.15) is 26.2 Å². The lowest BCUT2D eigenvalue weighted by Crippen LogP contribution is -2.45. The molecule has 1 aliphatic heterocycles. The summed E-state index contributed by atoms with van der Waals surface area (Å²) in [4.78, 5) is 22.1. The fraction of sp³-hybridized carbons (Fsp3) is 0.818. The first-order valence-corrected chi connectivity index (χ1v) is 5.70. The maximum atomic E-state index is 11.7. The van der Waals surface area contributed by atoms with E-state index < -0.39 is 18.0 Å². The number of carboxylic acids is 1. The van der Waals surface area contributed by atoms with E-state index in [1.807, 2.05) is 0 Å². The summed E-state index contributed by atoms with van der Waals surface area (Å²) in [5.74, 6) is -1.47. The molecule has 1 rings (SSSR count). The van der Waals surface area contributed by atoms with Crippen LogP contribution in [-0.4, -0.2) is 47.4 Å². The number of aliphatic hydroxyl groups is 1. The molecule has 1 aliphatic rings. The molecule has 98 valence electrons. The summed E-state index contributed by atoms with van der Waals surface area (Å²) in [7, 11) is 0. The Labute approximate surface area is 100.0 Å². The van der Waals surface area contributed by atoms with Crippen LogP contribution < -0.4 is 5.32 Å². The van der Waals surface area contributed by atoms with Crippen molar-refractivity contribution in [3.05, 3.63) is 0 Å². The van der Waals surface area contributed by atoms with Crippen molar-refractivity contribution in [2.24, 2.45) is 5.92 Å². The van der Waals surface area contributed by atoms with Gasteiger partial charge in [0.05, 0.1) is 24.5 Å². The number of aliphatic carboxylic acids is 1. The van der Waals surface area contributed by atoms with Gasteiger partial charge in [-0.2, -0.15) is 0 Å². The molecule has 1 fully saturated rings. The smallest absolute Gasteiger partial charge is 0.306 e. The largest absolute Gasteiger partial charge is 0.481 e. The second-order valence-electron chi connectivity index (χ2n) is 4.70. The van der Waals surface area contributed by atoms with Gasteiger partial charge in [-0.3, -0.25) is 9.59 Å². The molecule has 0 aromatic heterocycles. The van der Waals surface area contributed by atoms with Gasteiger partial charge < -0.3 is 20.3 Å². The molecule has 0 aromatic carbocycles. The summed E-state index contributed by atoms with van der Waals surface area (Å²) >= 11 is 0. The van der Waals surface area contributed by atoms with Crippen molar-refractivity contribution in [1.82, 2.24) is 5.32 Å². The zero-order valence-electron chi connectivity index (χ0n) is 9.94. The van der Waals surface area contributed by atoms with Gasteiger partial charge in [0.2, 0.25) is 5.91 Å².